The molecule has 1 fully saturated rings. The van der Waals surface area contributed by atoms with Gasteiger partial charge in [0.1, 0.15) is 17.4 Å². The van der Waals surface area contributed by atoms with Crippen molar-refractivity contribution < 1.29 is 27.8 Å². The second-order valence-corrected chi connectivity index (χ2v) is 9.61. The molecule has 0 atom stereocenters. The summed E-state index contributed by atoms with van der Waals surface area (Å²) >= 11 is 0. The van der Waals surface area contributed by atoms with E-state index < -0.39 is 17.5 Å². The Balaban J connectivity index is 1.27. The average molecular weight is 538 g/mol. The number of nitrogens with zero attached hydrogens (tertiary/aromatic N) is 4. The van der Waals surface area contributed by atoms with Gasteiger partial charge in [-0.05, 0) is 74.6 Å². The third-order valence-electron chi connectivity index (χ3n) is 6.66. The highest BCUT2D eigenvalue weighted by molar-refractivity contribution is 5.89. The van der Waals surface area contributed by atoms with E-state index in [1.807, 2.05) is 19.1 Å². The van der Waals surface area contributed by atoms with Crippen molar-refractivity contribution in [2.75, 3.05) is 5.32 Å². The first-order valence-corrected chi connectivity index (χ1v) is 12.4. The lowest BCUT2D eigenvalue weighted by molar-refractivity contribution is -0.141. The summed E-state index contributed by atoms with van der Waals surface area (Å²) in [7, 11) is 0. The van der Waals surface area contributed by atoms with Crippen LogP contribution in [0.3, 0.4) is 0 Å². The summed E-state index contributed by atoms with van der Waals surface area (Å²) in [4.78, 5) is 24.3. The molecule has 0 saturated heterocycles. The Morgan fingerprint density at radius 1 is 1.10 bits per heavy atom. The van der Waals surface area contributed by atoms with Gasteiger partial charge >= 0.3 is 12.1 Å². The standard InChI is InChI=1S/C28H26F3N5O3/c1-18-13-20(34-26-32-12-9-23(35-26)28(29,30)31)15-21(14-18)36-16-24(33-17-36)27(38)10-7-22(8-11-27)39-25(37)19-5-3-2-4-6-19/h2-6,9,12-17,22,38H,7-8,10-11H2,1H3,(H,32,34,35). The van der Waals surface area contributed by atoms with Gasteiger partial charge in [-0.25, -0.2) is 19.7 Å². The second-order valence-electron chi connectivity index (χ2n) is 9.61. The summed E-state index contributed by atoms with van der Waals surface area (Å²) in [6, 6.07) is 15.0. The highest BCUT2D eigenvalue weighted by Gasteiger charge is 2.38. The van der Waals surface area contributed by atoms with Crippen molar-refractivity contribution in [3.63, 3.8) is 0 Å². The lowest BCUT2D eigenvalue weighted by Crippen LogP contribution is -2.35. The number of aryl methyl sites for hydroxylation is 1. The van der Waals surface area contributed by atoms with Crippen LogP contribution in [-0.4, -0.2) is 36.7 Å². The molecule has 2 aromatic heterocycles. The van der Waals surface area contributed by atoms with Crippen LogP contribution in [0.4, 0.5) is 24.8 Å². The molecule has 2 N–H and O–H groups in total. The van der Waals surface area contributed by atoms with Crippen LogP contribution in [-0.2, 0) is 16.5 Å². The lowest BCUT2D eigenvalue weighted by atomic mass is 9.81. The molecule has 0 bridgehead atoms. The number of anilines is 2. The Hall–Kier alpha value is -4.25. The summed E-state index contributed by atoms with van der Waals surface area (Å²) < 4.78 is 46.4. The zero-order chi connectivity index (χ0) is 27.6. The van der Waals surface area contributed by atoms with Crippen LogP contribution in [0.15, 0.2) is 73.3 Å². The molecule has 1 saturated carbocycles. The Kier molecular flexibility index (Phi) is 7.09. The van der Waals surface area contributed by atoms with Gasteiger partial charge < -0.3 is 19.7 Å². The molecule has 5 rings (SSSR count). The minimum atomic E-state index is -4.58. The predicted molar refractivity (Wildman–Crippen MR) is 137 cm³/mol. The summed E-state index contributed by atoms with van der Waals surface area (Å²) in [6.07, 6.45) is 1.25. The first-order chi connectivity index (χ1) is 18.6. The molecule has 2 heterocycles. The number of nitrogens with one attached hydrogen (secondary N) is 1. The van der Waals surface area contributed by atoms with E-state index in [1.54, 1.807) is 53.5 Å². The fraction of sp³-hybridized carbons (Fsp3) is 0.286. The molecule has 0 spiro atoms. The van der Waals surface area contributed by atoms with Gasteiger partial charge in [-0.2, -0.15) is 13.2 Å². The number of ether oxygens (including phenoxy) is 1. The molecule has 2 aromatic carbocycles. The average Bonchev–Trinajstić information content (AvgIpc) is 3.42. The van der Waals surface area contributed by atoms with Crippen LogP contribution >= 0.6 is 0 Å². The van der Waals surface area contributed by atoms with Crippen LogP contribution in [0.2, 0.25) is 0 Å². The van der Waals surface area contributed by atoms with Crippen LogP contribution in [0, 0.1) is 6.92 Å². The van der Waals surface area contributed by atoms with Crippen molar-refractivity contribution >= 4 is 17.6 Å². The summed E-state index contributed by atoms with van der Waals surface area (Å²) in [5, 5.41) is 14.2. The molecule has 39 heavy (non-hydrogen) atoms. The Bertz CT molecular complexity index is 1460. The first kappa shape index (κ1) is 26.4. The fourth-order valence-corrected chi connectivity index (χ4v) is 4.63. The number of rotatable bonds is 6. The molecule has 1 aliphatic carbocycles. The van der Waals surface area contributed by atoms with E-state index >= 15 is 0 Å². The summed E-state index contributed by atoms with van der Waals surface area (Å²) in [5.74, 6) is -0.554. The van der Waals surface area contributed by atoms with Gasteiger partial charge in [0, 0.05) is 23.8 Å². The quantitative estimate of drug-likeness (QED) is 0.303. The van der Waals surface area contributed by atoms with E-state index in [0.717, 1.165) is 17.8 Å². The Morgan fingerprint density at radius 3 is 2.56 bits per heavy atom. The van der Waals surface area contributed by atoms with Gasteiger partial charge in [0.05, 0.1) is 17.6 Å². The molecule has 1 aliphatic rings. The summed E-state index contributed by atoms with van der Waals surface area (Å²) in [5.41, 5.74) is 0.812. The molecule has 202 valence electrons. The number of esters is 1. The number of hydrogen-bond donors (Lipinski definition) is 2. The van der Waals surface area contributed by atoms with E-state index in [0.29, 0.717) is 48.3 Å². The van der Waals surface area contributed by atoms with Crippen molar-refractivity contribution in [1.29, 1.82) is 0 Å². The number of carbonyl (C=O) groups is 1. The smallest absolute Gasteiger partial charge is 0.433 e. The SMILES string of the molecule is Cc1cc(Nc2nccc(C(F)(F)F)n2)cc(-n2cnc(C3(O)CCC(OC(=O)c4ccccc4)CC3)c2)c1. The van der Waals surface area contributed by atoms with E-state index in [9.17, 15) is 23.1 Å². The highest BCUT2D eigenvalue weighted by Crippen LogP contribution is 2.38. The van der Waals surface area contributed by atoms with Crippen LogP contribution in [0.1, 0.15) is 53.0 Å². The topological polar surface area (TPSA) is 102 Å². The van der Waals surface area contributed by atoms with Crippen molar-refractivity contribution in [3.8, 4) is 5.69 Å². The van der Waals surface area contributed by atoms with Crippen molar-refractivity contribution in [2.45, 2.75) is 50.5 Å². The number of halogens is 3. The van der Waals surface area contributed by atoms with Crippen molar-refractivity contribution in [1.82, 2.24) is 19.5 Å². The normalized spacial score (nSPS) is 19.5. The maximum absolute atomic E-state index is 13.0. The number of carbonyl (C=O) groups excluding carboxylic acids is 1. The molecular weight excluding hydrogens is 511 g/mol. The number of hydrogen-bond acceptors (Lipinski definition) is 7. The molecule has 11 heteroatoms. The molecule has 8 nitrogen and oxygen atoms in total. The maximum atomic E-state index is 13.0. The lowest BCUT2D eigenvalue weighted by Gasteiger charge is -2.34. The van der Waals surface area contributed by atoms with Gasteiger partial charge in [0.15, 0.2) is 0 Å². The number of benzene rings is 2. The third-order valence-corrected chi connectivity index (χ3v) is 6.66. The van der Waals surface area contributed by atoms with Crippen LogP contribution < -0.4 is 5.32 Å². The zero-order valence-electron chi connectivity index (χ0n) is 21.0. The van der Waals surface area contributed by atoms with Crippen molar-refractivity contribution in [2.24, 2.45) is 0 Å². The second kappa shape index (κ2) is 10.5. The Labute approximate surface area is 222 Å². The van der Waals surface area contributed by atoms with E-state index in [4.69, 9.17) is 4.74 Å². The largest absolute Gasteiger partial charge is 0.459 e. The van der Waals surface area contributed by atoms with Gasteiger partial charge in [-0.15, -0.1) is 0 Å². The molecule has 0 amide bonds. The van der Waals surface area contributed by atoms with E-state index in [2.05, 4.69) is 20.3 Å². The number of imidazole rings is 1. The van der Waals surface area contributed by atoms with Gasteiger partial charge in [0.2, 0.25) is 5.95 Å². The first-order valence-electron chi connectivity index (χ1n) is 12.4. The molecule has 0 aliphatic heterocycles. The zero-order valence-corrected chi connectivity index (χ0v) is 21.0. The number of aromatic nitrogens is 4. The molecule has 0 radical (unpaired) electrons. The van der Waals surface area contributed by atoms with E-state index in [1.165, 1.54) is 0 Å². The minimum Gasteiger partial charge on any atom is -0.459 e. The summed E-state index contributed by atoms with van der Waals surface area (Å²) in [6.45, 7) is 1.85. The molecule has 0 unspecified atom stereocenters. The van der Waals surface area contributed by atoms with Crippen LogP contribution in [0.25, 0.3) is 5.69 Å². The maximum Gasteiger partial charge on any atom is 0.433 e. The predicted octanol–water partition coefficient (Wildman–Crippen LogP) is 5.72. The fourth-order valence-electron chi connectivity index (χ4n) is 4.63. The number of alkyl halides is 3. The van der Waals surface area contributed by atoms with Gasteiger partial charge in [0.25, 0.3) is 0 Å². The highest BCUT2D eigenvalue weighted by atomic mass is 19.4. The molecule has 4 aromatic rings. The molecular formula is C28H26F3N5O3. The van der Waals surface area contributed by atoms with Gasteiger partial charge in [-0.1, -0.05) is 18.2 Å². The van der Waals surface area contributed by atoms with Gasteiger partial charge in [-0.3, -0.25) is 0 Å². The monoisotopic (exact) mass is 537 g/mol. The Morgan fingerprint density at radius 2 is 1.85 bits per heavy atom. The van der Waals surface area contributed by atoms with Crippen molar-refractivity contribution in [3.05, 3.63) is 95.8 Å². The van der Waals surface area contributed by atoms with E-state index in [-0.39, 0.29) is 18.0 Å². The van der Waals surface area contributed by atoms with Crippen LogP contribution in [0.5, 0.6) is 0 Å². The minimum absolute atomic E-state index is 0.174. The third kappa shape index (κ3) is 6.09. The number of aliphatic hydroxyl groups is 1.